The molecular formula is C8H14N2O2. The van der Waals surface area contributed by atoms with Crippen LogP contribution in [0.5, 0.6) is 0 Å². The van der Waals surface area contributed by atoms with Gasteiger partial charge in [-0.2, -0.15) is 0 Å². The van der Waals surface area contributed by atoms with Crippen molar-refractivity contribution in [3.8, 4) is 0 Å². The SMILES string of the molecule is CC(=O)NN1CCC(C=O)CC1. The number of rotatable bonds is 2. The molecule has 1 amide bonds. The van der Waals surface area contributed by atoms with E-state index in [9.17, 15) is 9.59 Å². The number of aldehydes is 1. The average Bonchev–Trinajstić information content (AvgIpc) is 2.05. The molecule has 1 aliphatic heterocycles. The van der Waals surface area contributed by atoms with Crippen LogP contribution in [0.4, 0.5) is 0 Å². The van der Waals surface area contributed by atoms with Crippen LogP contribution in [0.1, 0.15) is 19.8 Å². The highest BCUT2D eigenvalue weighted by molar-refractivity contribution is 5.72. The topological polar surface area (TPSA) is 49.4 Å². The minimum atomic E-state index is -0.0421. The predicted molar refractivity (Wildman–Crippen MR) is 44.2 cm³/mol. The minimum Gasteiger partial charge on any atom is -0.303 e. The van der Waals surface area contributed by atoms with Gasteiger partial charge in [0, 0.05) is 25.9 Å². The Morgan fingerprint density at radius 3 is 2.50 bits per heavy atom. The molecule has 0 aromatic heterocycles. The Morgan fingerprint density at radius 1 is 1.50 bits per heavy atom. The fourth-order valence-corrected chi connectivity index (χ4v) is 1.37. The summed E-state index contributed by atoms with van der Waals surface area (Å²) in [6.45, 7) is 3.05. The van der Waals surface area contributed by atoms with Crippen molar-refractivity contribution in [2.45, 2.75) is 19.8 Å². The quantitative estimate of drug-likeness (QED) is 0.591. The molecule has 1 saturated heterocycles. The first-order valence-corrected chi connectivity index (χ1v) is 4.20. The summed E-state index contributed by atoms with van der Waals surface area (Å²) in [4.78, 5) is 21.0. The van der Waals surface area contributed by atoms with E-state index in [-0.39, 0.29) is 11.8 Å². The number of amides is 1. The number of hydrogen-bond donors (Lipinski definition) is 1. The molecule has 0 bridgehead atoms. The van der Waals surface area contributed by atoms with Gasteiger partial charge in [0.15, 0.2) is 0 Å². The normalized spacial score (nSPS) is 20.4. The average molecular weight is 170 g/mol. The Bertz CT molecular complexity index is 174. The lowest BCUT2D eigenvalue weighted by Gasteiger charge is -2.29. The van der Waals surface area contributed by atoms with Gasteiger partial charge in [-0.15, -0.1) is 0 Å². The maximum atomic E-state index is 10.6. The maximum Gasteiger partial charge on any atom is 0.231 e. The molecule has 0 spiro atoms. The Kier molecular flexibility index (Phi) is 3.22. The molecule has 4 heteroatoms. The van der Waals surface area contributed by atoms with Crippen LogP contribution in [0.15, 0.2) is 0 Å². The number of nitrogens with one attached hydrogen (secondary N) is 1. The van der Waals surface area contributed by atoms with Gasteiger partial charge in [-0.3, -0.25) is 10.2 Å². The van der Waals surface area contributed by atoms with Crippen LogP contribution in [0, 0.1) is 5.92 Å². The van der Waals surface area contributed by atoms with E-state index in [1.54, 1.807) is 0 Å². The van der Waals surface area contributed by atoms with E-state index < -0.39 is 0 Å². The van der Waals surface area contributed by atoms with E-state index in [0.29, 0.717) is 0 Å². The molecule has 1 heterocycles. The summed E-state index contributed by atoms with van der Waals surface area (Å²) in [7, 11) is 0. The van der Waals surface area contributed by atoms with E-state index in [0.717, 1.165) is 32.2 Å². The van der Waals surface area contributed by atoms with E-state index >= 15 is 0 Å². The Morgan fingerprint density at radius 2 is 2.08 bits per heavy atom. The molecule has 0 radical (unpaired) electrons. The van der Waals surface area contributed by atoms with Crippen molar-refractivity contribution in [2.75, 3.05) is 13.1 Å². The number of hydrazine groups is 1. The lowest BCUT2D eigenvalue weighted by Crippen LogP contribution is -2.45. The first-order valence-electron chi connectivity index (χ1n) is 4.20. The molecule has 1 fully saturated rings. The van der Waals surface area contributed by atoms with Crippen LogP contribution in [0.25, 0.3) is 0 Å². The van der Waals surface area contributed by atoms with Crippen LogP contribution in [-0.2, 0) is 9.59 Å². The van der Waals surface area contributed by atoms with Crippen LogP contribution in [-0.4, -0.2) is 30.3 Å². The highest BCUT2D eigenvalue weighted by Crippen LogP contribution is 2.12. The molecule has 1 rings (SSSR count). The molecule has 1 aliphatic rings. The molecule has 0 saturated carbocycles. The van der Waals surface area contributed by atoms with Gasteiger partial charge in [-0.1, -0.05) is 0 Å². The van der Waals surface area contributed by atoms with Gasteiger partial charge in [-0.05, 0) is 12.8 Å². The third-order valence-electron chi connectivity index (χ3n) is 2.05. The van der Waals surface area contributed by atoms with Crippen molar-refractivity contribution in [2.24, 2.45) is 5.92 Å². The molecule has 0 aliphatic carbocycles. The summed E-state index contributed by atoms with van der Waals surface area (Å²) < 4.78 is 0. The highest BCUT2D eigenvalue weighted by Gasteiger charge is 2.18. The molecule has 12 heavy (non-hydrogen) atoms. The largest absolute Gasteiger partial charge is 0.303 e. The third kappa shape index (κ3) is 2.62. The van der Waals surface area contributed by atoms with E-state index in [1.165, 1.54) is 6.92 Å². The fourth-order valence-electron chi connectivity index (χ4n) is 1.37. The molecule has 0 aromatic rings. The molecule has 0 atom stereocenters. The summed E-state index contributed by atoms with van der Waals surface area (Å²) in [5.41, 5.74) is 2.70. The molecule has 0 aromatic carbocycles. The number of carbonyl (C=O) groups excluding carboxylic acids is 2. The lowest BCUT2D eigenvalue weighted by atomic mass is 10.00. The van der Waals surface area contributed by atoms with Gasteiger partial charge in [0.1, 0.15) is 6.29 Å². The summed E-state index contributed by atoms with van der Waals surface area (Å²) >= 11 is 0. The van der Waals surface area contributed by atoms with Gasteiger partial charge in [-0.25, -0.2) is 5.01 Å². The monoisotopic (exact) mass is 170 g/mol. The number of hydrogen-bond acceptors (Lipinski definition) is 3. The number of piperidine rings is 1. The fraction of sp³-hybridized carbons (Fsp3) is 0.750. The molecule has 0 unspecified atom stereocenters. The van der Waals surface area contributed by atoms with Crippen molar-refractivity contribution in [1.82, 2.24) is 10.4 Å². The van der Waals surface area contributed by atoms with Crippen molar-refractivity contribution >= 4 is 12.2 Å². The van der Waals surface area contributed by atoms with Crippen LogP contribution in [0.2, 0.25) is 0 Å². The summed E-state index contributed by atoms with van der Waals surface area (Å²) in [6, 6.07) is 0. The second-order valence-electron chi connectivity index (χ2n) is 3.13. The summed E-state index contributed by atoms with van der Waals surface area (Å²) in [6.07, 6.45) is 2.71. The minimum absolute atomic E-state index is 0.0421. The number of nitrogens with zero attached hydrogens (tertiary/aromatic N) is 1. The zero-order chi connectivity index (χ0) is 8.97. The van der Waals surface area contributed by atoms with Gasteiger partial charge in [0.25, 0.3) is 0 Å². The Labute approximate surface area is 71.9 Å². The zero-order valence-electron chi connectivity index (χ0n) is 7.25. The van der Waals surface area contributed by atoms with Crippen molar-refractivity contribution in [3.63, 3.8) is 0 Å². The standard InChI is InChI=1S/C8H14N2O2/c1-7(12)9-10-4-2-8(6-11)3-5-10/h6,8H,2-5H2,1H3,(H,9,12). The van der Waals surface area contributed by atoms with Crippen LogP contribution < -0.4 is 5.43 Å². The first kappa shape index (κ1) is 9.19. The van der Waals surface area contributed by atoms with E-state index in [4.69, 9.17) is 0 Å². The molecule has 1 N–H and O–H groups in total. The predicted octanol–water partition coefficient (Wildman–Crippen LogP) is -0.0516. The maximum absolute atomic E-state index is 10.6. The Balaban J connectivity index is 2.26. The van der Waals surface area contributed by atoms with Gasteiger partial charge in [0.2, 0.25) is 5.91 Å². The van der Waals surface area contributed by atoms with Gasteiger partial charge >= 0.3 is 0 Å². The third-order valence-corrected chi connectivity index (χ3v) is 2.05. The van der Waals surface area contributed by atoms with Gasteiger partial charge < -0.3 is 4.79 Å². The summed E-state index contributed by atoms with van der Waals surface area (Å²) in [5, 5.41) is 1.86. The molecule has 68 valence electrons. The van der Waals surface area contributed by atoms with Crippen LogP contribution >= 0.6 is 0 Å². The molecule has 4 nitrogen and oxygen atoms in total. The van der Waals surface area contributed by atoms with Crippen molar-refractivity contribution in [1.29, 1.82) is 0 Å². The van der Waals surface area contributed by atoms with Gasteiger partial charge in [0.05, 0.1) is 0 Å². The first-order chi connectivity index (χ1) is 5.72. The van der Waals surface area contributed by atoms with Crippen LogP contribution in [0.3, 0.4) is 0 Å². The molecular weight excluding hydrogens is 156 g/mol. The van der Waals surface area contributed by atoms with E-state index in [1.807, 2.05) is 5.01 Å². The lowest BCUT2D eigenvalue weighted by molar-refractivity contribution is -0.124. The zero-order valence-corrected chi connectivity index (χ0v) is 7.25. The second-order valence-corrected chi connectivity index (χ2v) is 3.13. The second kappa shape index (κ2) is 4.21. The Hall–Kier alpha value is -0.900. The summed E-state index contributed by atoms with van der Waals surface area (Å²) in [5.74, 6) is 0.148. The van der Waals surface area contributed by atoms with Crippen molar-refractivity contribution < 1.29 is 9.59 Å². The highest BCUT2D eigenvalue weighted by atomic mass is 16.2. The van der Waals surface area contributed by atoms with E-state index in [2.05, 4.69) is 5.43 Å². The van der Waals surface area contributed by atoms with Crippen molar-refractivity contribution in [3.05, 3.63) is 0 Å². The smallest absolute Gasteiger partial charge is 0.231 e. The number of carbonyl (C=O) groups is 2.